The Hall–Kier alpha value is -0.0200. The highest BCUT2D eigenvalue weighted by Crippen LogP contribution is 2.26. The highest BCUT2D eigenvalue weighted by atomic mass is 32.2. The van der Waals surface area contributed by atoms with E-state index in [2.05, 4.69) is 0 Å². The Labute approximate surface area is 88.7 Å². The van der Waals surface area contributed by atoms with Gasteiger partial charge in [0.05, 0.1) is 13.2 Å². The molecule has 3 heteroatoms. The van der Waals surface area contributed by atoms with Gasteiger partial charge in [-0.15, -0.1) is 0 Å². The van der Waals surface area contributed by atoms with E-state index in [-0.39, 0.29) is 0 Å². The van der Waals surface area contributed by atoms with Crippen LogP contribution in [0, 0.1) is 5.92 Å². The number of ketones is 1. The Kier molecular flexibility index (Phi) is 3.88. The van der Waals surface area contributed by atoms with Crippen LogP contribution in [0.5, 0.6) is 0 Å². The molecular weight excluding hydrogens is 196 g/mol. The van der Waals surface area contributed by atoms with E-state index in [1.807, 2.05) is 0 Å². The summed E-state index contributed by atoms with van der Waals surface area (Å²) >= 11 is 0. The highest BCUT2D eigenvalue weighted by molar-refractivity contribution is 7.97. The van der Waals surface area contributed by atoms with Crippen molar-refractivity contribution < 1.29 is 9.53 Å². The Morgan fingerprint density at radius 1 is 1.21 bits per heavy atom. The Morgan fingerprint density at radius 2 is 1.86 bits per heavy atom. The van der Waals surface area contributed by atoms with Crippen LogP contribution in [0.25, 0.3) is 0 Å². The maximum absolute atomic E-state index is 11.9. The van der Waals surface area contributed by atoms with Gasteiger partial charge in [0.2, 0.25) is 0 Å². The average molecular weight is 215 g/mol. The number of hydrogen-bond acceptors (Lipinski definition) is 2. The van der Waals surface area contributed by atoms with Crippen molar-refractivity contribution in [3.8, 4) is 0 Å². The molecule has 0 radical (unpaired) electrons. The molecule has 0 unspecified atom stereocenters. The van der Waals surface area contributed by atoms with Crippen molar-refractivity contribution in [3.05, 3.63) is 0 Å². The molecule has 2 aliphatic rings. The van der Waals surface area contributed by atoms with Gasteiger partial charge < -0.3 is 4.74 Å². The second kappa shape index (κ2) is 5.17. The molecule has 2 rings (SSSR count). The van der Waals surface area contributed by atoms with Crippen LogP contribution in [0.2, 0.25) is 0 Å². The third-order valence-corrected chi connectivity index (χ3v) is 5.37. The first kappa shape index (κ1) is 10.5. The zero-order chi connectivity index (χ0) is 9.80. The second-order valence-electron chi connectivity index (χ2n) is 4.23. The number of hydrogen-bond donors (Lipinski definition) is 0. The minimum Gasteiger partial charge on any atom is -0.372 e. The van der Waals surface area contributed by atoms with Crippen molar-refractivity contribution in [3.63, 3.8) is 0 Å². The lowest BCUT2D eigenvalue weighted by Crippen LogP contribution is -2.33. The molecule has 14 heavy (non-hydrogen) atoms. The van der Waals surface area contributed by atoms with Crippen LogP contribution in [0.3, 0.4) is 0 Å². The van der Waals surface area contributed by atoms with E-state index in [1.54, 1.807) is 0 Å². The largest absolute Gasteiger partial charge is 0.372 e. The molecule has 2 nitrogen and oxygen atoms in total. The van der Waals surface area contributed by atoms with E-state index in [0.717, 1.165) is 43.3 Å². The molecule has 0 amide bonds. The van der Waals surface area contributed by atoms with Gasteiger partial charge in [-0.05, 0) is 23.7 Å². The van der Waals surface area contributed by atoms with Crippen LogP contribution < -0.4 is 0 Å². The fraction of sp³-hybridized carbons (Fsp3) is 0.909. The Balaban J connectivity index is 1.75. The summed E-state index contributed by atoms with van der Waals surface area (Å²) in [4.78, 5) is 11.9. The zero-order valence-electron chi connectivity index (χ0n) is 8.67. The highest BCUT2D eigenvalue weighted by Gasteiger charge is 2.30. The second-order valence-corrected chi connectivity index (χ2v) is 6.55. The van der Waals surface area contributed by atoms with Crippen LogP contribution in [0.1, 0.15) is 25.7 Å². The maximum Gasteiger partial charge on any atom is 0.184 e. The smallest absolute Gasteiger partial charge is 0.184 e. The summed E-state index contributed by atoms with van der Waals surface area (Å²) in [5.41, 5.74) is 0. The number of ether oxygens (including phenoxy) is 1. The van der Waals surface area contributed by atoms with Gasteiger partial charge in [-0.2, -0.15) is 0 Å². The third kappa shape index (κ3) is 2.74. The van der Waals surface area contributed by atoms with E-state index in [9.17, 15) is 4.79 Å². The summed E-state index contributed by atoms with van der Waals surface area (Å²) < 4.78 is 5.30. The fourth-order valence-corrected chi connectivity index (χ4v) is 4.11. The molecule has 1 heterocycles. The molecule has 1 aliphatic carbocycles. The lowest BCUT2D eigenvalue weighted by atomic mass is 10.0. The van der Waals surface area contributed by atoms with Crippen molar-refractivity contribution in [2.45, 2.75) is 25.7 Å². The molecule has 0 aromatic heterocycles. The lowest BCUT2D eigenvalue weighted by molar-refractivity contribution is -0.120. The number of Topliss-reactive ketones (excluding diaryl/α,β-unsaturated/α-hetero) is 1. The van der Waals surface area contributed by atoms with Crippen LogP contribution in [-0.4, -0.2) is 36.3 Å². The van der Waals surface area contributed by atoms with Gasteiger partial charge in [0.15, 0.2) is 11.5 Å². The van der Waals surface area contributed by atoms with Gasteiger partial charge in [-0.1, -0.05) is 12.8 Å². The topological polar surface area (TPSA) is 26.3 Å². The van der Waals surface area contributed by atoms with Gasteiger partial charge in [-0.25, -0.2) is 0 Å². The maximum atomic E-state index is 11.9. The van der Waals surface area contributed by atoms with Crippen molar-refractivity contribution in [2.75, 3.05) is 30.5 Å². The fourth-order valence-electron chi connectivity index (χ4n) is 2.27. The molecular formula is C11H19O2S+. The molecule has 0 bridgehead atoms. The minimum absolute atomic E-state index is 0.355. The molecule has 80 valence electrons. The van der Waals surface area contributed by atoms with Crippen LogP contribution in [0.15, 0.2) is 0 Å². The third-order valence-electron chi connectivity index (χ3n) is 3.19. The van der Waals surface area contributed by atoms with Gasteiger partial charge in [-0.3, -0.25) is 4.79 Å². The van der Waals surface area contributed by atoms with Gasteiger partial charge in [0, 0.05) is 5.92 Å². The Morgan fingerprint density at radius 3 is 2.50 bits per heavy atom. The summed E-state index contributed by atoms with van der Waals surface area (Å²) in [5, 5.41) is 0. The summed E-state index contributed by atoms with van der Waals surface area (Å²) in [6, 6.07) is 0. The van der Waals surface area contributed by atoms with Crippen LogP contribution >= 0.6 is 0 Å². The van der Waals surface area contributed by atoms with Gasteiger partial charge >= 0.3 is 0 Å². The van der Waals surface area contributed by atoms with Crippen molar-refractivity contribution in [1.29, 1.82) is 0 Å². The molecule has 0 spiro atoms. The summed E-state index contributed by atoms with van der Waals surface area (Å²) in [7, 11) is 0.355. The molecule has 0 atom stereocenters. The molecule has 1 saturated carbocycles. The molecule has 0 N–H and O–H groups in total. The number of carbonyl (C=O) groups is 1. The normalized spacial score (nSPS) is 25.4. The minimum atomic E-state index is 0.355. The lowest BCUT2D eigenvalue weighted by Gasteiger charge is -2.15. The van der Waals surface area contributed by atoms with Gasteiger partial charge in [0.25, 0.3) is 0 Å². The standard InChI is InChI=1S/C11H19O2S/c12-11(10-3-1-2-4-10)9-14-7-5-13-6-8-14/h10H,1-9H2/q+1. The number of rotatable bonds is 3. The molecule has 0 aromatic carbocycles. The zero-order valence-corrected chi connectivity index (χ0v) is 9.48. The number of carbonyl (C=O) groups excluding carboxylic acids is 1. The predicted octanol–water partition coefficient (Wildman–Crippen LogP) is 1.39. The Bertz CT molecular complexity index is 193. The molecule has 0 aromatic rings. The van der Waals surface area contributed by atoms with E-state index < -0.39 is 0 Å². The van der Waals surface area contributed by atoms with E-state index in [0.29, 0.717) is 22.6 Å². The molecule has 1 aliphatic heterocycles. The monoisotopic (exact) mass is 215 g/mol. The average Bonchev–Trinajstić information content (AvgIpc) is 2.72. The summed E-state index contributed by atoms with van der Waals surface area (Å²) in [5.74, 6) is 4.07. The first-order valence-corrected chi connectivity index (χ1v) is 7.34. The predicted molar refractivity (Wildman–Crippen MR) is 59.8 cm³/mol. The van der Waals surface area contributed by atoms with Crippen LogP contribution in [-0.2, 0) is 20.4 Å². The summed E-state index contributed by atoms with van der Waals surface area (Å²) in [6.45, 7) is 1.75. The van der Waals surface area contributed by atoms with E-state index in [4.69, 9.17) is 4.74 Å². The van der Waals surface area contributed by atoms with Gasteiger partial charge in [0.1, 0.15) is 11.5 Å². The van der Waals surface area contributed by atoms with E-state index in [1.165, 1.54) is 12.8 Å². The first-order chi connectivity index (χ1) is 6.86. The quantitative estimate of drug-likeness (QED) is 0.665. The van der Waals surface area contributed by atoms with Crippen molar-refractivity contribution >= 4 is 16.7 Å². The summed E-state index contributed by atoms with van der Waals surface area (Å²) in [6.07, 6.45) is 4.86. The van der Waals surface area contributed by atoms with E-state index >= 15 is 0 Å². The van der Waals surface area contributed by atoms with Crippen molar-refractivity contribution in [1.82, 2.24) is 0 Å². The molecule has 1 saturated heterocycles. The van der Waals surface area contributed by atoms with Crippen molar-refractivity contribution in [2.24, 2.45) is 5.92 Å². The van der Waals surface area contributed by atoms with Crippen LogP contribution in [0.4, 0.5) is 0 Å². The first-order valence-electron chi connectivity index (χ1n) is 5.61. The molecule has 2 fully saturated rings. The SMILES string of the molecule is O=C(C[S+]1CCOCC1)C1CCCC1.